The number of hydrogen-bond donors (Lipinski definition) is 4. The molecule has 0 aromatic heterocycles. The molecule has 0 aliphatic carbocycles. The zero-order valence-electron chi connectivity index (χ0n) is 6.87. The van der Waals surface area contributed by atoms with E-state index in [4.69, 9.17) is 10.2 Å². The van der Waals surface area contributed by atoms with Gasteiger partial charge in [-0.1, -0.05) is 0 Å². The minimum atomic E-state index is -4.12. The second kappa shape index (κ2) is 5.17. The first-order valence-electron chi connectivity index (χ1n) is 3.34. The largest absolute Gasteiger partial charge is 0.480 e. The minimum absolute atomic E-state index is 0.256. The molecule has 0 aromatic carbocycles. The lowest BCUT2D eigenvalue weighted by Crippen LogP contribution is -2.44. The molecule has 0 heterocycles. The third kappa shape index (κ3) is 5.04. The third-order valence-electron chi connectivity index (χ3n) is 1.12. The molecule has 14 heavy (non-hydrogen) atoms. The van der Waals surface area contributed by atoms with Crippen LogP contribution in [0.15, 0.2) is 0 Å². The van der Waals surface area contributed by atoms with Crippen molar-refractivity contribution in [1.29, 1.82) is 0 Å². The van der Waals surface area contributed by atoms with Crippen molar-refractivity contribution in [3.05, 3.63) is 0 Å². The van der Waals surface area contributed by atoms with Crippen LogP contribution < -0.4 is 4.72 Å². The van der Waals surface area contributed by atoms with Crippen LogP contribution in [0.25, 0.3) is 0 Å². The molecule has 82 valence electrons. The van der Waals surface area contributed by atoms with E-state index in [9.17, 15) is 18.0 Å². The van der Waals surface area contributed by atoms with Crippen molar-refractivity contribution in [2.24, 2.45) is 0 Å². The van der Waals surface area contributed by atoms with E-state index in [-0.39, 0.29) is 5.75 Å². The van der Waals surface area contributed by atoms with E-state index in [1.54, 1.807) is 4.72 Å². The number of carboxylic acids is 2. The molecule has 9 heteroatoms. The fourth-order valence-electron chi connectivity index (χ4n) is 0.587. The maximum Gasteiger partial charge on any atom is 0.322 e. The second-order valence-corrected chi connectivity index (χ2v) is 4.46. The van der Waals surface area contributed by atoms with Gasteiger partial charge in [0.2, 0.25) is 10.0 Å². The van der Waals surface area contributed by atoms with E-state index in [0.717, 1.165) is 0 Å². The summed E-state index contributed by atoms with van der Waals surface area (Å²) < 4.78 is 23.5. The van der Waals surface area contributed by atoms with Crippen LogP contribution in [-0.2, 0) is 19.6 Å². The lowest BCUT2D eigenvalue weighted by atomic mass is 10.4. The highest BCUT2D eigenvalue weighted by molar-refractivity contribution is 7.90. The standard InChI is InChI=1S/C5H9NO6S2/c7-4(8)2-14(11,12)6-3(1-13)5(9)10/h3,6,13H,1-2H2,(H,7,8)(H,9,10). The Morgan fingerprint density at radius 2 is 1.86 bits per heavy atom. The Hall–Kier alpha value is -0.800. The molecular formula is C5H9NO6S2. The molecule has 3 N–H and O–H groups in total. The summed E-state index contributed by atoms with van der Waals surface area (Å²) >= 11 is 3.60. The number of carboxylic acid groups (broad SMARTS) is 2. The van der Waals surface area contributed by atoms with Crippen LogP contribution >= 0.6 is 12.6 Å². The lowest BCUT2D eigenvalue weighted by Gasteiger charge is -2.10. The molecule has 0 aliphatic rings. The Bertz CT molecular complexity index is 323. The minimum Gasteiger partial charge on any atom is -0.480 e. The monoisotopic (exact) mass is 243 g/mol. The molecule has 0 amide bonds. The molecule has 0 spiro atoms. The first kappa shape index (κ1) is 13.2. The summed E-state index contributed by atoms with van der Waals surface area (Å²) in [5, 5.41) is 16.6. The maximum absolute atomic E-state index is 10.9. The topological polar surface area (TPSA) is 121 Å². The molecule has 1 unspecified atom stereocenters. The van der Waals surface area contributed by atoms with Gasteiger partial charge in [0.1, 0.15) is 6.04 Å². The van der Waals surface area contributed by atoms with Crippen molar-refractivity contribution in [2.45, 2.75) is 6.04 Å². The Labute approximate surface area is 85.6 Å². The molecule has 0 saturated carbocycles. The Kier molecular flexibility index (Phi) is 4.88. The molecule has 0 rings (SSSR count). The fraction of sp³-hybridized carbons (Fsp3) is 0.600. The van der Waals surface area contributed by atoms with Gasteiger partial charge in [-0.05, 0) is 0 Å². The fourth-order valence-corrected chi connectivity index (χ4v) is 1.98. The molecule has 1 atom stereocenters. The van der Waals surface area contributed by atoms with Crippen LogP contribution in [0.2, 0.25) is 0 Å². The van der Waals surface area contributed by atoms with Gasteiger partial charge >= 0.3 is 11.9 Å². The van der Waals surface area contributed by atoms with Crippen molar-refractivity contribution in [3.63, 3.8) is 0 Å². The molecule has 0 aliphatic heterocycles. The van der Waals surface area contributed by atoms with E-state index >= 15 is 0 Å². The Morgan fingerprint density at radius 1 is 1.36 bits per heavy atom. The van der Waals surface area contributed by atoms with Gasteiger partial charge in [0.25, 0.3) is 0 Å². The third-order valence-corrected chi connectivity index (χ3v) is 2.75. The predicted octanol–water partition coefficient (Wildman–Crippen LogP) is -1.63. The van der Waals surface area contributed by atoms with Crippen molar-refractivity contribution < 1.29 is 28.2 Å². The van der Waals surface area contributed by atoms with E-state index in [0.29, 0.717) is 0 Å². The smallest absolute Gasteiger partial charge is 0.322 e. The van der Waals surface area contributed by atoms with E-state index in [2.05, 4.69) is 12.6 Å². The van der Waals surface area contributed by atoms with Gasteiger partial charge in [-0.15, -0.1) is 0 Å². The maximum atomic E-state index is 10.9. The molecule has 7 nitrogen and oxygen atoms in total. The Morgan fingerprint density at radius 3 is 2.14 bits per heavy atom. The van der Waals surface area contributed by atoms with Gasteiger partial charge < -0.3 is 10.2 Å². The summed E-state index contributed by atoms with van der Waals surface area (Å²) in [6.07, 6.45) is 0. The van der Waals surface area contributed by atoms with E-state index < -0.39 is 33.8 Å². The zero-order chi connectivity index (χ0) is 11.4. The lowest BCUT2D eigenvalue weighted by molar-refractivity contribution is -0.138. The molecule has 0 radical (unpaired) electrons. The van der Waals surface area contributed by atoms with Crippen molar-refractivity contribution in [2.75, 3.05) is 11.5 Å². The summed E-state index contributed by atoms with van der Waals surface area (Å²) in [4.78, 5) is 20.4. The highest BCUT2D eigenvalue weighted by Gasteiger charge is 2.24. The molecule has 0 bridgehead atoms. The second-order valence-electron chi connectivity index (χ2n) is 2.34. The van der Waals surface area contributed by atoms with Crippen molar-refractivity contribution in [3.8, 4) is 0 Å². The highest BCUT2D eigenvalue weighted by atomic mass is 32.2. The predicted molar refractivity (Wildman–Crippen MR) is 49.8 cm³/mol. The SMILES string of the molecule is O=C(O)CS(=O)(=O)NC(CS)C(=O)O. The number of thiol groups is 1. The van der Waals surface area contributed by atoms with Gasteiger partial charge in [-0.3, -0.25) is 9.59 Å². The summed E-state index contributed by atoms with van der Waals surface area (Å²) in [7, 11) is -4.12. The first-order chi connectivity index (χ1) is 6.28. The van der Waals surface area contributed by atoms with Crippen molar-refractivity contribution >= 4 is 34.6 Å². The normalized spacial score (nSPS) is 13.5. The average Bonchev–Trinajstić information content (AvgIpc) is 1.97. The number of sulfonamides is 1. The number of nitrogens with one attached hydrogen (secondary N) is 1. The summed E-state index contributed by atoms with van der Waals surface area (Å²) in [6.45, 7) is 0. The van der Waals surface area contributed by atoms with Crippen LogP contribution in [0.1, 0.15) is 0 Å². The van der Waals surface area contributed by atoms with Crippen LogP contribution in [0.3, 0.4) is 0 Å². The van der Waals surface area contributed by atoms with Gasteiger partial charge in [-0.25, -0.2) is 8.42 Å². The molecule has 0 fully saturated rings. The van der Waals surface area contributed by atoms with E-state index in [1.165, 1.54) is 0 Å². The van der Waals surface area contributed by atoms with Crippen LogP contribution in [-0.4, -0.2) is 48.1 Å². The Balaban J connectivity index is 4.48. The quantitative estimate of drug-likeness (QED) is 0.416. The van der Waals surface area contributed by atoms with Gasteiger partial charge in [-0.2, -0.15) is 17.4 Å². The number of hydrogen-bond acceptors (Lipinski definition) is 5. The van der Waals surface area contributed by atoms with Gasteiger partial charge in [0.05, 0.1) is 0 Å². The van der Waals surface area contributed by atoms with Crippen LogP contribution in [0.4, 0.5) is 0 Å². The van der Waals surface area contributed by atoms with Gasteiger partial charge in [0, 0.05) is 5.75 Å². The number of rotatable bonds is 6. The number of carbonyl (C=O) groups is 2. The summed E-state index contributed by atoms with van der Waals surface area (Å²) in [5.74, 6) is -4.38. The first-order valence-corrected chi connectivity index (χ1v) is 5.62. The summed E-state index contributed by atoms with van der Waals surface area (Å²) in [6, 6.07) is -1.41. The average molecular weight is 243 g/mol. The van der Waals surface area contributed by atoms with E-state index in [1.807, 2.05) is 0 Å². The number of aliphatic carboxylic acids is 2. The van der Waals surface area contributed by atoms with Crippen LogP contribution in [0.5, 0.6) is 0 Å². The van der Waals surface area contributed by atoms with Gasteiger partial charge in [0.15, 0.2) is 5.75 Å². The summed E-state index contributed by atoms with van der Waals surface area (Å²) in [5.41, 5.74) is 0. The van der Waals surface area contributed by atoms with Crippen LogP contribution in [0, 0.1) is 0 Å². The highest BCUT2D eigenvalue weighted by Crippen LogP contribution is 1.93. The van der Waals surface area contributed by atoms with Crippen molar-refractivity contribution in [1.82, 2.24) is 4.72 Å². The molecule has 0 saturated heterocycles. The zero-order valence-corrected chi connectivity index (χ0v) is 8.59. The molecular weight excluding hydrogens is 234 g/mol. The molecule has 0 aromatic rings.